The molecule has 2 aliphatic rings. The number of imidazole rings is 1. The lowest BCUT2D eigenvalue weighted by Gasteiger charge is -2.39. The summed E-state index contributed by atoms with van der Waals surface area (Å²) in [4.78, 5) is 24.1. The summed E-state index contributed by atoms with van der Waals surface area (Å²) in [7, 11) is 2.04. The van der Waals surface area contributed by atoms with E-state index < -0.39 is 11.7 Å². The van der Waals surface area contributed by atoms with Gasteiger partial charge in [0.15, 0.2) is 0 Å². The van der Waals surface area contributed by atoms with E-state index in [-0.39, 0.29) is 11.8 Å². The van der Waals surface area contributed by atoms with Crippen molar-refractivity contribution in [2.24, 2.45) is 13.0 Å². The molecule has 9 heteroatoms. The number of rotatable bonds is 4. The predicted octanol–water partition coefficient (Wildman–Crippen LogP) is 4.15. The number of aryl methyl sites for hydroxylation is 1. The third-order valence-corrected chi connectivity index (χ3v) is 7.31. The van der Waals surface area contributed by atoms with Crippen LogP contribution in [0.1, 0.15) is 24.2 Å². The lowest BCUT2D eigenvalue weighted by atomic mass is 9.95. The quantitative estimate of drug-likeness (QED) is 0.557. The SMILES string of the molecule is Cn1c(CN2CCC(C(=O)N3CCN(c4cccc(C(F)(F)F)c4)CC3)CC2)nc2ccccc21. The van der Waals surface area contributed by atoms with Crippen molar-refractivity contribution in [3.05, 3.63) is 59.9 Å². The van der Waals surface area contributed by atoms with Crippen LogP contribution in [0.25, 0.3) is 11.0 Å². The Bertz CT molecular complexity index is 1190. The van der Waals surface area contributed by atoms with E-state index in [9.17, 15) is 18.0 Å². The number of anilines is 1. The molecular formula is C26H30F3N5O. The summed E-state index contributed by atoms with van der Waals surface area (Å²) in [5, 5.41) is 0. The molecule has 0 N–H and O–H groups in total. The number of nitrogens with zero attached hydrogens (tertiary/aromatic N) is 5. The first kappa shape index (κ1) is 23.7. The standard InChI is InChI=1S/C26H30F3N5O/c1-31-23-8-3-2-7-22(23)30-24(31)18-32-11-9-19(10-12-32)25(35)34-15-13-33(14-16-34)21-6-4-5-20(17-21)26(27,28)29/h2-8,17,19H,9-16,18H2,1H3. The monoisotopic (exact) mass is 485 g/mol. The molecule has 0 unspecified atom stereocenters. The normalized spacial score (nSPS) is 18.4. The van der Waals surface area contributed by atoms with E-state index in [4.69, 9.17) is 4.98 Å². The van der Waals surface area contributed by atoms with Crippen LogP contribution in [-0.4, -0.2) is 64.5 Å². The Morgan fingerprint density at radius 3 is 2.37 bits per heavy atom. The number of fused-ring (bicyclic) bond motifs is 1. The van der Waals surface area contributed by atoms with Gasteiger partial charge in [0, 0.05) is 44.8 Å². The maximum Gasteiger partial charge on any atom is 0.416 e. The van der Waals surface area contributed by atoms with Crippen LogP contribution in [0, 0.1) is 5.92 Å². The smallest absolute Gasteiger partial charge is 0.368 e. The summed E-state index contributed by atoms with van der Waals surface area (Å²) in [5.74, 6) is 1.21. The molecule has 2 saturated heterocycles. The number of halogens is 3. The molecule has 0 bridgehead atoms. The van der Waals surface area contributed by atoms with E-state index >= 15 is 0 Å². The number of piperazine rings is 1. The molecule has 1 aromatic heterocycles. The summed E-state index contributed by atoms with van der Waals surface area (Å²) >= 11 is 0. The number of likely N-dealkylation sites (tertiary alicyclic amines) is 1. The minimum absolute atomic E-state index is 0.00630. The number of carbonyl (C=O) groups is 1. The summed E-state index contributed by atoms with van der Waals surface area (Å²) in [5.41, 5.74) is 2.04. The maximum atomic E-state index is 13.1. The molecule has 2 aromatic carbocycles. The van der Waals surface area contributed by atoms with Gasteiger partial charge >= 0.3 is 6.18 Å². The van der Waals surface area contributed by atoms with Crippen molar-refractivity contribution in [2.45, 2.75) is 25.6 Å². The molecule has 3 heterocycles. The van der Waals surface area contributed by atoms with E-state index in [1.807, 2.05) is 35.0 Å². The summed E-state index contributed by atoms with van der Waals surface area (Å²) in [6, 6.07) is 13.5. The van der Waals surface area contributed by atoms with Gasteiger partial charge in [-0.15, -0.1) is 0 Å². The van der Waals surface area contributed by atoms with Crippen LogP contribution in [0.5, 0.6) is 0 Å². The number of aromatic nitrogens is 2. The van der Waals surface area contributed by atoms with Gasteiger partial charge in [0.2, 0.25) is 5.91 Å². The molecule has 5 rings (SSSR count). The van der Waals surface area contributed by atoms with Gasteiger partial charge in [-0.3, -0.25) is 9.69 Å². The maximum absolute atomic E-state index is 13.1. The van der Waals surface area contributed by atoms with Gasteiger partial charge in [-0.25, -0.2) is 4.98 Å². The number of para-hydroxylation sites is 2. The minimum Gasteiger partial charge on any atom is -0.368 e. The average Bonchev–Trinajstić information content (AvgIpc) is 3.19. The number of alkyl halides is 3. The molecule has 0 atom stereocenters. The second-order valence-corrected chi connectivity index (χ2v) is 9.49. The van der Waals surface area contributed by atoms with E-state index in [1.165, 1.54) is 12.1 Å². The van der Waals surface area contributed by atoms with Crippen molar-refractivity contribution in [1.29, 1.82) is 0 Å². The zero-order chi connectivity index (χ0) is 24.6. The molecule has 0 spiro atoms. The lowest BCUT2D eigenvalue weighted by molar-refractivity contribution is -0.138. The highest BCUT2D eigenvalue weighted by Gasteiger charge is 2.33. The van der Waals surface area contributed by atoms with Crippen molar-refractivity contribution in [1.82, 2.24) is 19.4 Å². The Kier molecular flexibility index (Phi) is 6.44. The summed E-state index contributed by atoms with van der Waals surface area (Å²) in [6.07, 6.45) is -2.72. The molecule has 2 aliphatic heterocycles. The van der Waals surface area contributed by atoms with E-state index in [2.05, 4.69) is 15.5 Å². The van der Waals surface area contributed by atoms with Crippen molar-refractivity contribution < 1.29 is 18.0 Å². The molecule has 6 nitrogen and oxygen atoms in total. The predicted molar refractivity (Wildman–Crippen MR) is 129 cm³/mol. The molecule has 0 saturated carbocycles. The zero-order valence-corrected chi connectivity index (χ0v) is 19.8. The topological polar surface area (TPSA) is 44.6 Å². The van der Waals surface area contributed by atoms with Crippen molar-refractivity contribution >= 4 is 22.6 Å². The zero-order valence-electron chi connectivity index (χ0n) is 19.8. The highest BCUT2D eigenvalue weighted by Crippen LogP contribution is 2.32. The number of hydrogen-bond donors (Lipinski definition) is 0. The number of piperidine rings is 1. The third kappa shape index (κ3) is 5.00. The Morgan fingerprint density at radius 2 is 1.69 bits per heavy atom. The van der Waals surface area contributed by atoms with Gasteiger partial charge in [0.1, 0.15) is 5.82 Å². The molecule has 3 aromatic rings. The van der Waals surface area contributed by atoms with Crippen LogP contribution in [-0.2, 0) is 24.6 Å². The number of amides is 1. The van der Waals surface area contributed by atoms with Crippen LogP contribution in [0.3, 0.4) is 0 Å². The molecule has 2 fully saturated rings. The van der Waals surface area contributed by atoms with Gasteiger partial charge in [-0.05, 0) is 56.3 Å². The van der Waals surface area contributed by atoms with E-state index in [1.54, 1.807) is 6.07 Å². The van der Waals surface area contributed by atoms with Crippen LogP contribution in [0.4, 0.5) is 18.9 Å². The fourth-order valence-corrected chi connectivity index (χ4v) is 5.20. The third-order valence-electron chi connectivity index (χ3n) is 7.31. The molecular weight excluding hydrogens is 455 g/mol. The Balaban J connectivity index is 1.12. The van der Waals surface area contributed by atoms with Gasteiger partial charge < -0.3 is 14.4 Å². The van der Waals surface area contributed by atoms with E-state index in [0.29, 0.717) is 31.9 Å². The van der Waals surface area contributed by atoms with Crippen LogP contribution in [0.15, 0.2) is 48.5 Å². The average molecular weight is 486 g/mol. The fraction of sp³-hybridized carbons (Fsp3) is 0.462. The van der Waals surface area contributed by atoms with Crippen molar-refractivity contribution in [3.63, 3.8) is 0 Å². The molecule has 0 aliphatic carbocycles. The Morgan fingerprint density at radius 1 is 0.971 bits per heavy atom. The molecule has 0 radical (unpaired) electrons. The molecule has 186 valence electrons. The van der Waals surface area contributed by atoms with Crippen LogP contribution >= 0.6 is 0 Å². The van der Waals surface area contributed by atoms with Crippen molar-refractivity contribution in [2.75, 3.05) is 44.2 Å². The number of hydrogen-bond acceptors (Lipinski definition) is 4. The van der Waals surface area contributed by atoms with E-state index in [0.717, 1.165) is 55.4 Å². The van der Waals surface area contributed by atoms with Crippen molar-refractivity contribution in [3.8, 4) is 0 Å². The highest BCUT2D eigenvalue weighted by atomic mass is 19.4. The first-order valence-electron chi connectivity index (χ1n) is 12.1. The number of carbonyl (C=O) groups excluding carboxylic acids is 1. The first-order valence-corrected chi connectivity index (χ1v) is 12.1. The Hall–Kier alpha value is -3.07. The highest BCUT2D eigenvalue weighted by molar-refractivity contribution is 5.79. The van der Waals surface area contributed by atoms with Gasteiger partial charge in [0.25, 0.3) is 0 Å². The molecule has 1 amide bonds. The fourth-order valence-electron chi connectivity index (χ4n) is 5.20. The van der Waals surface area contributed by atoms with Gasteiger partial charge in [-0.2, -0.15) is 13.2 Å². The summed E-state index contributed by atoms with van der Waals surface area (Å²) < 4.78 is 41.3. The van der Waals surface area contributed by atoms with Gasteiger partial charge in [-0.1, -0.05) is 18.2 Å². The van der Waals surface area contributed by atoms with Gasteiger partial charge in [0.05, 0.1) is 23.1 Å². The second-order valence-electron chi connectivity index (χ2n) is 9.49. The van der Waals surface area contributed by atoms with Crippen LogP contribution in [0.2, 0.25) is 0 Å². The second kappa shape index (κ2) is 9.53. The first-order chi connectivity index (χ1) is 16.8. The summed E-state index contributed by atoms with van der Waals surface area (Å²) in [6.45, 7) is 4.62. The Labute approximate surface area is 202 Å². The lowest BCUT2D eigenvalue weighted by Crippen LogP contribution is -2.51. The molecule has 35 heavy (non-hydrogen) atoms. The largest absolute Gasteiger partial charge is 0.416 e. The van der Waals surface area contributed by atoms with Crippen LogP contribution < -0.4 is 4.90 Å². The minimum atomic E-state index is -4.35. The number of benzene rings is 2.